The third-order valence-electron chi connectivity index (χ3n) is 4.05. The quantitative estimate of drug-likeness (QED) is 0.814. The minimum Gasteiger partial charge on any atom is -0.490 e. The lowest BCUT2D eigenvalue weighted by atomic mass is 10.1. The van der Waals surface area contributed by atoms with Gasteiger partial charge in [0.25, 0.3) is 0 Å². The number of fused-ring (bicyclic) bond motifs is 1. The number of thioether (sulfide) groups is 1. The van der Waals surface area contributed by atoms with Gasteiger partial charge in [-0.05, 0) is 56.2 Å². The molecule has 5 heteroatoms. The first-order valence-corrected chi connectivity index (χ1v) is 9.35. The van der Waals surface area contributed by atoms with Crippen LogP contribution in [0.25, 0.3) is 0 Å². The second-order valence-electron chi connectivity index (χ2n) is 6.23. The molecule has 3 rings (SSSR count). The van der Waals surface area contributed by atoms with Gasteiger partial charge in [0.15, 0.2) is 11.5 Å². The van der Waals surface area contributed by atoms with Crippen LogP contribution < -0.4 is 14.8 Å². The molecule has 1 aliphatic heterocycles. The van der Waals surface area contributed by atoms with E-state index in [1.807, 2.05) is 57.2 Å². The number of hydrogen-bond acceptors (Lipinski definition) is 4. The number of amides is 1. The maximum Gasteiger partial charge on any atom is 0.237 e. The van der Waals surface area contributed by atoms with Crippen LogP contribution in [-0.4, -0.2) is 24.4 Å². The number of hydrogen-bond donors (Lipinski definition) is 1. The molecule has 2 aromatic rings. The van der Waals surface area contributed by atoms with Gasteiger partial charge < -0.3 is 14.8 Å². The predicted octanol–water partition coefficient (Wildman–Crippen LogP) is 4.58. The van der Waals surface area contributed by atoms with Crippen molar-refractivity contribution < 1.29 is 14.3 Å². The number of carbonyl (C=O) groups excluding carboxylic acids is 1. The van der Waals surface area contributed by atoms with Crippen LogP contribution in [0.3, 0.4) is 0 Å². The van der Waals surface area contributed by atoms with Crippen molar-refractivity contribution in [3.8, 4) is 11.5 Å². The van der Waals surface area contributed by atoms with Crippen molar-refractivity contribution in [2.75, 3.05) is 18.5 Å². The molecule has 1 amide bonds. The van der Waals surface area contributed by atoms with Crippen molar-refractivity contribution >= 4 is 23.4 Å². The van der Waals surface area contributed by atoms with Crippen molar-refractivity contribution in [1.29, 1.82) is 0 Å². The van der Waals surface area contributed by atoms with Gasteiger partial charge in [0.2, 0.25) is 5.91 Å². The Bertz CT molecular complexity index is 776. The fraction of sp³-hybridized carbons (Fsp3) is 0.350. The Morgan fingerprint density at radius 1 is 1.08 bits per heavy atom. The first kappa shape index (κ1) is 17.7. The van der Waals surface area contributed by atoms with E-state index in [1.165, 1.54) is 11.8 Å². The molecule has 0 aromatic heterocycles. The van der Waals surface area contributed by atoms with Gasteiger partial charge in [-0.1, -0.05) is 12.1 Å². The van der Waals surface area contributed by atoms with Gasteiger partial charge in [0, 0.05) is 17.0 Å². The summed E-state index contributed by atoms with van der Waals surface area (Å²) in [5, 5.41) is 2.81. The maximum atomic E-state index is 12.5. The summed E-state index contributed by atoms with van der Waals surface area (Å²) in [6, 6.07) is 11.9. The Kier molecular flexibility index (Phi) is 5.53. The van der Waals surface area contributed by atoms with Gasteiger partial charge >= 0.3 is 0 Å². The lowest BCUT2D eigenvalue weighted by molar-refractivity contribution is -0.115. The molecule has 0 spiro atoms. The van der Waals surface area contributed by atoms with Crippen molar-refractivity contribution in [3.05, 3.63) is 47.5 Å². The van der Waals surface area contributed by atoms with Crippen LogP contribution in [-0.2, 0) is 4.79 Å². The van der Waals surface area contributed by atoms with Gasteiger partial charge in [0.05, 0.1) is 18.5 Å². The molecule has 1 heterocycles. The van der Waals surface area contributed by atoms with E-state index in [9.17, 15) is 4.79 Å². The van der Waals surface area contributed by atoms with E-state index in [4.69, 9.17) is 9.47 Å². The Hall–Kier alpha value is -2.14. The van der Waals surface area contributed by atoms with E-state index in [1.54, 1.807) is 0 Å². The van der Waals surface area contributed by atoms with E-state index < -0.39 is 0 Å². The second kappa shape index (κ2) is 7.83. The minimum absolute atomic E-state index is 0.00851. The molecule has 1 atom stereocenters. The number of carbonyl (C=O) groups is 1. The maximum absolute atomic E-state index is 12.5. The van der Waals surface area contributed by atoms with E-state index in [0.717, 1.165) is 39.6 Å². The molecule has 4 nitrogen and oxygen atoms in total. The molecule has 1 aliphatic rings. The summed E-state index contributed by atoms with van der Waals surface area (Å²) in [6.45, 7) is 7.26. The smallest absolute Gasteiger partial charge is 0.237 e. The zero-order valence-corrected chi connectivity index (χ0v) is 15.6. The Labute approximate surface area is 152 Å². The molecule has 25 heavy (non-hydrogen) atoms. The molecular weight excluding hydrogens is 334 g/mol. The van der Waals surface area contributed by atoms with Gasteiger partial charge in [-0.2, -0.15) is 0 Å². The summed E-state index contributed by atoms with van der Waals surface area (Å²) < 4.78 is 11.4. The summed E-state index contributed by atoms with van der Waals surface area (Å²) >= 11 is 1.51. The zero-order valence-electron chi connectivity index (χ0n) is 14.8. The van der Waals surface area contributed by atoms with Gasteiger partial charge in [-0.15, -0.1) is 11.8 Å². The first-order valence-electron chi connectivity index (χ1n) is 8.47. The van der Waals surface area contributed by atoms with Crippen LogP contribution in [0.15, 0.2) is 41.3 Å². The average Bonchev–Trinajstić information content (AvgIpc) is 2.83. The molecule has 0 aliphatic carbocycles. The highest BCUT2D eigenvalue weighted by molar-refractivity contribution is 8.00. The van der Waals surface area contributed by atoms with E-state index in [-0.39, 0.29) is 11.2 Å². The lowest BCUT2D eigenvalue weighted by Crippen LogP contribution is -2.22. The summed E-state index contributed by atoms with van der Waals surface area (Å²) in [6.07, 6.45) is 0.881. The first-order chi connectivity index (χ1) is 12.0. The second-order valence-corrected chi connectivity index (χ2v) is 7.64. The highest BCUT2D eigenvalue weighted by Gasteiger charge is 2.17. The van der Waals surface area contributed by atoms with Crippen LogP contribution in [0.1, 0.15) is 24.5 Å². The monoisotopic (exact) mass is 357 g/mol. The third kappa shape index (κ3) is 4.48. The minimum atomic E-state index is -0.218. The van der Waals surface area contributed by atoms with Crippen molar-refractivity contribution in [2.45, 2.75) is 37.3 Å². The summed E-state index contributed by atoms with van der Waals surface area (Å²) in [5.74, 6) is 1.52. The number of anilines is 1. The van der Waals surface area contributed by atoms with Crippen molar-refractivity contribution in [3.63, 3.8) is 0 Å². The topological polar surface area (TPSA) is 47.6 Å². The van der Waals surface area contributed by atoms with Crippen molar-refractivity contribution in [1.82, 2.24) is 0 Å². The van der Waals surface area contributed by atoms with Crippen LogP contribution in [0.4, 0.5) is 5.69 Å². The molecule has 0 fully saturated rings. The number of ether oxygens (including phenoxy) is 2. The lowest BCUT2D eigenvalue weighted by Gasteiger charge is -2.15. The molecule has 132 valence electrons. The Balaban J connectivity index is 1.67. The highest BCUT2D eigenvalue weighted by Crippen LogP contribution is 2.35. The Morgan fingerprint density at radius 3 is 2.64 bits per heavy atom. The normalized spacial score (nSPS) is 14.5. The molecular formula is C20H23NO3S. The standard InChI is InChI=1S/C20H23NO3S/c1-13-5-6-14(2)17(11-13)21-20(22)15(3)25-16-7-8-18-19(12-16)24-10-4-9-23-18/h5-8,11-12,15H,4,9-10H2,1-3H3,(H,21,22)/t15-/m1/s1. The molecule has 0 bridgehead atoms. The van der Waals surface area contributed by atoms with Crippen LogP contribution in [0, 0.1) is 13.8 Å². The predicted molar refractivity (Wildman–Crippen MR) is 102 cm³/mol. The number of nitrogens with one attached hydrogen (secondary N) is 1. The number of benzene rings is 2. The summed E-state index contributed by atoms with van der Waals surface area (Å²) in [7, 11) is 0. The van der Waals surface area contributed by atoms with Crippen molar-refractivity contribution in [2.24, 2.45) is 0 Å². The van der Waals surface area contributed by atoms with Gasteiger partial charge in [0.1, 0.15) is 0 Å². The van der Waals surface area contributed by atoms with Gasteiger partial charge in [-0.3, -0.25) is 4.79 Å². The van der Waals surface area contributed by atoms with Crippen LogP contribution in [0.2, 0.25) is 0 Å². The zero-order chi connectivity index (χ0) is 17.8. The third-order valence-corrected chi connectivity index (χ3v) is 5.15. The fourth-order valence-corrected chi connectivity index (χ4v) is 3.48. The average molecular weight is 357 g/mol. The van der Waals surface area contributed by atoms with Crippen LogP contribution in [0.5, 0.6) is 11.5 Å². The largest absolute Gasteiger partial charge is 0.490 e. The number of aryl methyl sites for hydroxylation is 2. The van der Waals surface area contributed by atoms with Crippen LogP contribution >= 0.6 is 11.8 Å². The van der Waals surface area contributed by atoms with E-state index in [0.29, 0.717) is 13.2 Å². The van der Waals surface area contributed by atoms with Gasteiger partial charge in [-0.25, -0.2) is 0 Å². The molecule has 0 radical (unpaired) electrons. The van der Waals surface area contributed by atoms with E-state index >= 15 is 0 Å². The molecule has 0 unspecified atom stereocenters. The van der Waals surface area contributed by atoms with E-state index in [2.05, 4.69) is 5.32 Å². The Morgan fingerprint density at radius 2 is 1.84 bits per heavy atom. The highest BCUT2D eigenvalue weighted by atomic mass is 32.2. The molecule has 0 saturated heterocycles. The fourth-order valence-electron chi connectivity index (χ4n) is 2.58. The molecule has 2 aromatic carbocycles. The molecule has 0 saturated carbocycles. The summed E-state index contributed by atoms with van der Waals surface area (Å²) in [4.78, 5) is 13.5. The molecule has 1 N–H and O–H groups in total. The summed E-state index contributed by atoms with van der Waals surface area (Å²) in [5.41, 5.74) is 3.06. The SMILES string of the molecule is Cc1ccc(C)c(NC(=O)[C@@H](C)Sc2ccc3c(c2)OCCCO3)c1. The number of rotatable bonds is 4.